The van der Waals surface area contributed by atoms with E-state index in [0.29, 0.717) is 19.1 Å². The van der Waals surface area contributed by atoms with Crippen LogP contribution < -0.4 is 10.7 Å². The second-order valence-corrected chi connectivity index (χ2v) is 8.45. The Morgan fingerprint density at radius 1 is 1.32 bits per heavy atom. The molecule has 0 saturated carbocycles. The number of aromatic hydroxyl groups is 1. The molecule has 0 radical (unpaired) electrons. The minimum Gasteiger partial charge on any atom is -0.503 e. The fourth-order valence-electron chi connectivity index (χ4n) is 4.54. The van der Waals surface area contributed by atoms with Crippen molar-refractivity contribution in [1.29, 1.82) is 0 Å². The molecule has 1 fully saturated rings. The van der Waals surface area contributed by atoms with Gasteiger partial charge in [-0.2, -0.15) is 0 Å². The summed E-state index contributed by atoms with van der Waals surface area (Å²) in [4.78, 5) is 40.4. The Bertz CT molecular complexity index is 1180. The molecule has 1 spiro atoms. The van der Waals surface area contributed by atoms with Crippen molar-refractivity contribution in [2.24, 2.45) is 0 Å². The second kappa shape index (κ2) is 9.51. The van der Waals surface area contributed by atoms with Gasteiger partial charge in [-0.3, -0.25) is 14.4 Å². The average molecular weight is 477 g/mol. The molecule has 11 heteroatoms. The summed E-state index contributed by atoms with van der Waals surface area (Å²) < 4.78 is 39.2. The van der Waals surface area contributed by atoms with Crippen LogP contribution in [0.4, 0.5) is 8.78 Å². The van der Waals surface area contributed by atoms with Gasteiger partial charge in [0.05, 0.1) is 18.8 Å². The molecule has 2 N–H and O–H groups in total. The molecule has 2 amide bonds. The Labute approximate surface area is 193 Å². The van der Waals surface area contributed by atoms with E-state index in [9.17, 15) is 28.3 Å². The molecule has 34 heavy (non-hydrogen) atoms. The fraction of sp³-hybridized carbons (Fsp3) is 0.435. The van der Waals surface area contributed by atoms with Gasteiger partial charge in [0.2, 0.25) is 5.43 Å². The number of hydrogen-bond donors (Lipinski definition) is 2. The van der Waals surface area contributed by atoms with Crippen LogP contribution in [0.2, 0.25) is 0 Å². The molecule has 2 aliphatic heterocycles. The number of ether oxygens (including phenoxy) is 2. The van der Waals surface area contributed by atoms with Gasteiger partial charge in [0, 0.05) is 51.2 Å². The van der Waals surface area contributed by atoms with Gasteiger partial charge in [-0.25, -0.2) is 8.78 Å². The van der Waals surface area contributed by atoms with Gasteiger partial charge < -0.3 is 29.4 Å². The summed E-state index contributed by atoms with van der Waals surface area (Å²) in [6, 6.07) is 2.92. The molecule has 1 unspecified atom stereocenters. The first-order chi connectivity index (χ1) is 16.3. The number of nitrogens with one attached hydrogen (secondary N) is 1. The number of methoxy groups -OCH3 is 1. The fourth-order valence-corrected chi connectivity index (χ4v) is 4.54. The third-order valence-corrected chi connectivity index (χ3v) is 6.26. The van der Waals surface area contributed by atoms with Crippen LogP contribution in [0.1, 0.15) is 39.3 Å². The number of carbonyl (C=O) groups excluding carboxylic acids is 2. The van der Waals surface area contributed by atoms with Crippen LogP contribution in [0.15, 0.2) is 29.2 Å². The van der Waals surface area contributed by atoms with Crippen LogP contribution >= 0.6 is 0 Å². The highest BCUT2D eigenvalue weighted by Gasteiger charge is 2.47. The summed E-state index contributed by atoms with van der Waals surface area (Å²) in [5.41, 5.74) is -2.31. The lowest BCUT2D eigenvalue weighted by atomic mass is 9.87. The standard InChI is InChI=1S/C23H25F2N3O6/c1-33-8-6-28-22(32)18-20(30)19(29)16(11-27(18)12-23(28)5-2-7-34-13-23)21(31)26-10-14-3-4-15(24)9-17(14)25/h3-4,9,11,30H,2,5-8,10,12-13H2,1H3,(H,26,31). The number of fused-ring (bicyclic) bond motifs is 1. The first-order valence-electron chi connectivity index (χ1n) is 10.8. The molecule has 0 aliphatic carbocycles. The maximum absolute atomic E-state index is 13.9. The van der Waals surface area contributed by atoms with Gasteiger partial charge in [0.25, 0.3) is 11.8 Å². The highest BCUT2D eigenvalue weighted by molar-refractivity contribution is 5.99. The van der Waals surface area contributed by atoms with Gasteiger partial charge in [-0.15, -0.1) is 0 Å². The number of carbonyl (C=O) groups is 2. The van der Waals surface area contributed by atoms with Gasteiger partial charge in [-0.05, 0) is 18.9 Å². The molecule has 2 aromatic rings. The van der Waals surface area contributed by atoms with Crippen molar-refractivity contribution >= 4 is 11.8 Å². The maximum Gasteiger partial charge on any atom is 0.275 e. The van der Waals surface area contributed by atoms with E-state index in [0.717, 1.165) is 12.5 Å². The Hall–Kier alpha value is -3.31. The number of hydrogen-bond acceptors (Lipinski definition) is 6. The summed E-state index contributed by atoms with van der Waals surface area (Å²) in [6.45, 7) is 1.24. The van der Waals surface area contributed by atoms with Crippen molar-refractivity contribution in [3.63, 3.8) is 0 Å². The Morgan fingerprint density at radius 2 is 2.12 bits per heavy atom. The number of rotatable bonds is 6. The quantitative estimate of drug-likeness (QED) is 0.651. The SMILES string of the molecule is COCCN1C(=O)c2c(O)c(=O)c(C(=O)NCc3ccc(F)cc3F)cn2CC12CCCOC2. The van der Waals surface area contributed by atoms with Gasteiger partial charge >= 0.3 is 0 Å². The molecule has 1 saturated heterocycles. The summed E-state index contributed by atoms with van der Waals surface area (Å²) in [5, 5.41) is 13.0. The number of pyridine rings is 1. The van der Waals surface area contributed by atoms with Crippen molar-refractivity contribution in [2.75, 3.05) is 33.5 Å². The van der Waals surface area contributed by atoms with E-state index in [1.165, 1.54) is 23.9 Å². The molecule has 9 nitrogen and oxygen atoms in total. The number of nitrogens with zero attached hydrogens (tertiary/aromatic N) is 2. The van der Waals surface area contributed by atoms with Crippen LogP contribution in [-0.4, -0.2) is 65.4 Å². The zero-order valence-corrected chi connectivity index (χ0v) is 18.6. The normalized spacial score (nSPS) is 19.9. The Kier molecular flexibility index (Phi) is 6.67. The molecular weight excluding hydrogens is 452 g/mol. The van der Waals surface area contributed by atoms with Crippen LogP contribution in [0.5, 0.6) is 5.75 Å². The van der Waals surface area contributed by atoms with E-state index in [1.807, 2.05) is 0 Å². The number of aromatic nitrogens is 1. The van der Waals surface area contributed by atoms with E-state index >= 15 is 0 Å². The molecule has 2 aliphatic rings. The molecular formula is C23H25F2N3O6. The lowest BCUT2D eigenvalue weighted by molar-refractivity contribution is -0.0592. The van der Waals surface area contributed by atoms with Gasteiger partial charge in [0.15, 0.2) is 11.4 Å². The monoisotopic (exact) mass is 477 g/mol. The minimum atomic E-state index is -1.01. The topological polar surface area (TPSA) is 110 Å². The summed E-state index contributed by atoms with van der Waals surface area (Å²) in [6.07, 6.45) is 2.59. The number of amides is 2. The lowest BCUT2D eigenvalue weighted by Gasteiger charge is -2.49. The number of benzene rings is 1. The van der Waals surface area contributed by atoms with Crippen LogP contribution in [-0.2, 0) is 22.6 Å². The summed E-state index contributed by atoms with van der Waals surface area (Å²) >= 11 is 0. The molecule has 1 atom stereocenters. The van der Waals surface area contributed by atoms with Crippen molar-refractivity contribution in [1.82, 2.24) is 14.8 Å². The highest BCUT2D eigenvalue weighted by Crippen LogP contribution is 2.35. The van der Waals surface area contributed by atoms with E-state index < -0.39 is 45.7 Å². The third kappa shape index (κ3) is 4.28. The number of halogens is 2. The van der Waals surface area contributed by atoms with Crippen LogP contribution in [0.25, 0.3) is 0 Å². The molecule has 1 aromatic carbocycles. The maximum atomic E-state index is 13.9. The Morgan fingerprint density at radius 3 is 2.79 bits per heavy atom. The average Bonchev–Trinajstić information content (AvgIpc) is 2.81. The van der Waals surface area contributed by atoms with Crippen molar-refractivity contribution in [3.05, 3.63) is 63.1 Å². The van der Waals surface area contributed by atoms with Crippen LogP contribution in [0.3, 0.4) is 0 Å². The predicted molar refractivity (Wildman–Crippen MR) is 116 cm³/mol. The molecule has 4 rings (SSSR count). The van der Waals surface area contributed by atoms with Gasteiger partial charge in [-0.1, -0.05) is 6.07 Å². The zero-order chi connectivity index (χ0) is 24.5. The first-order valence-corrected chi connectivity index (χ1v) is 10.8. The predicted octanol–water partition coefficient (Wildman–Crippen LogP) is 1.41. The third-order valence-electron chi connectivity index (χ3n) is 6.26. The molecule has 3 heterocycles. The van der Waals surface area contributed by atoms with Crippen molar-refractivity contribution in [2.45, 2.75) is 31.5 Å². The largest absolute Gasteiger partial charge is 0.503 e. The second-order valence-electron chi connectivity index (χ2n) is 8.45. The smallest absolute Gasteiger partial charge is 0.275 e. The first kappa shape index (κ1) is 23.8. The highest BCUT2D eigenvalue weighted by atomic mass is 19.1. The summed E-state index contributed by atoms with van der Waals surface area (Å²) in [5.74, 6) is -3.84. The minimum absolute atomic E-state index is 0.0271. The van der Waals surface area contributed by atoms with Crippen molar-refractivity contribution < 1.29 is 33.0 Å². The van der Waals surface area contributed by atoms with Crippen LogP contribution in [0, 0.1) is 11.6 Å². The zero-order valence-electron chi connectivity index (χ0n) is 18.6. The van der Waals surface area contributed by atoms with E-state index in [-0.39, 0.29) is 44.1 Å². The molecule has 182 valence electrons. The van der Waals surface area contributed by atoms with E-state index in [1.54, 1.807) is 4.90 Å². The van der Waals surface area contributed by atoms with E-state index in [2.05, 4.69) is 5.32 Å². The van der Waals surface area contributed by atoms with E-state index in [4.69, 9.17) is 9.47 Å². The lowest BCUT2D eigenvalue weighted by Crippen LogP contribution is -2.63. The molecule has 1 aromatic heterocycles. The van der Waals surface area contributed by atoms with Gasteiger partial charge in [0.1, 0.15) is 17.2 Å². The summed E-state index contributed by atoms with van der Waals surface area (Å²) in [7, 11) is 1.51. The van der Waals surface area contributed by atoms with Crippen molar-refractivity contribution in [3.8, 4) is 5.75 Å². The Balaban J connectivity index is 1.66. The molecule has 0 bridgehead atoms.